The molecule has 0 saturated carbocycles. The Hall–Kier alpha value is 0.500. The third-order valence-corrected chi connectivity index (χ3v) is 3.03. The van der Waals surface area contributed by atoms with Crippen LogP contribution in [-0.4, -0.2) is 47.8 Å². The highest BCUT2D eigenvalue weighted by Gasteiger charge is 2.24. The van der Waals surface area contributed by atoms with Crippen molar-refractivity contribution in [2.24, 2.45) is 0 Å². The number of aliphatic hydroxyl groups excluding tert-OH is 1. The van der Waals surface area contributed by atoms with Crippen LogP contribution >= 0.6 is 11.6 Å². The predicted octanol–water partition coefficient (Wildman–Crippen LogP) is -1.14. The summed E-state index contributed by atoms with van der Waals surface area (Å²) in [4.78, 5) is 0. The van der Waals surface area contributed by atoms with Crippen LogP contribution in [0.3, 0.4) is 0 Å². The van der Waals surface area contributed by atoms with Gasteiger partial charge < -0.3 is 22.0 Å². The monoisotopic (exact) mass is 243 g/mol. The van der Waals surface area contributed by atoms with Crippen molar-refractivity contribution in [3.05, 3.63) is 0 Å². The summed E-state index contributed by atoms with van der Waals surface area (Å²) in [6.07, 6.45) is 0.825. The zero-order chi connectivity index (χ0) is 10.3. The van der Waals surface area contributed by atoms with Crippen LogP contribution in [0.25, 0.3) is 0 Å². The number of quaternary nitrogens is 1. The van der Waals surface area contributed by atoms with E-state index in [-0.39, 0.29) is 18.5 Å². The molecular formula is C10H23Cl2NO. The van der Waals surface area contributed by atoms with Gasteiger partial charge >= 0.3 is 0 Å². The SMILES string of the molecule is CC[N+](CC)(CCCCl)CC(C)O.[Cl-]. The Bertz CT molecular complexity index is 127. The predicted molar refractivity (Wildman–Crippen MR) is 58.1 cm³/mol. The molecule has 2 nitrogen and oxygen atoms in total. The maximum absolute atomic E-state index is 9.40. The molecule has 88 valence electrons. The molecular weight excluding hydrogens is 221 g/mol. The zero-order valence-corrected chi connectivity index (χ0v) is 11.0. The van der Waals surface area contributed by atoms with E-state index in [1.54, 1.807) is 0 Å². The van der Waals surface area contributed by atoms with Crippen LogP contribution < -0.4 is 12.4 Å². The lowest BCUT2D eigenvalue weighted by molar-refractivity contribution is -0.927. The van der Waals surface area contributed by atoms with Gasteiger partial charge in [0.05, 0.1) is 19.6 Å². The van der Waals surface area contributed by atoms with E-state index in [2.05, 4.69) is 13.8 Å². The normalized spacial score (nSPS) is 13.5. The fourth-order valence-electron chi connectivity index (χ4n) is 1.84. The highest BCUT2D eigenvalue weighted by atomic mass is 35.5. The minimum atomic E-state index is -0.213. The van der Waals surface area contributed by atoms with Gasteiger partial charge in [-0.2, -0.15) is 0 Å². The van der Waals surface area contributed by atoms with Gasteiger partial charge in [0, 0.05) is 12.3 Å². The number of halogens is 2. The summed E-state index contributed by atoms with van der Waals surface area (Å²) in [6.45, 7) is 10.3. The highest BCUT2D eigenvalue weighted by Crippen LogP contribution is 2.09. The Balaban J connectivity index is 0. The summed E-state index contributed by atoms with van der Waals surface area (Å²) in [6, 6.07) is 0. The minimum absolute atomic E-state index is 0. The van der Waals surface area contributed by atoms with E-state index in [0.29, 0.717) is 0 Å². The molecule has 0 aromatic rings. The molecule has 0 bridgehead atoms. The van der Waals surface area contributed by atoms with Crippen molar-refractivity contribution in [2.75, 3.05) is 32.1 Å². The molecule has 1 atom stereocenters. The van der Waals surface area contributed by atoms with Crippen molar-refractivity contribution in [2.45, 2.75) is 33.3 Å². The van der Waals surface area contributed by atoms with Crippen LogP contribution in [0.4, 0.5) is 0 Å². The molecule has 4 heteroatoms. The molecule has 0 heterocycles. The molecule has 0 aromatic heterocycles. The lowest BCUT2D eigenvalue weighted by Gasteiger charge is -2.37. The summed E-state index contributed by atoms with van der Waals surface area (Å²) < 4.78 is 0.990. The lowest BCUT2D eigenvalue weighted by atomic mass is 10.2. The van der Waals surface area contributed by atoms with Crippen LogP contribution in [0.15, 0.2) is 0 Å². The van der Waals surface area contributed by atoms with E-state index in [4.69, 9.17) is 11.6 Å². The molecule has 0 spiro atoms. The average molecular weight is 244 g/mol. The number of alkyl halides is 1. The first-order chi connectivity index (χ1) is 6.10. The van der Waals surface area contributed by atoms with E-state index >= 15 is 0 Å². The van der Waals surface area contributed by atoms with E-state index in [1.807, 2.05) is 6.92 Å². The first-order valence-corrected chi connectivity index (χ1v) is 5.72. The van der Waals surface area contributed by atoms with E-state index in [1.165, 1.54) is 0 Å². The second-order valence-electron chi connectivity index (χ2n) is 3.77. The molecule has 1 N–H and O–H groups in total. The zero-order valence-electron chi connectivity index (χ0n) is 9.47. The van der Waals surface area contributed by atoms with Crippen LogP contribution in [0.1, 0.15) is 27.2 Å². The van der Waals surface area contributed by atoms with Gasteiger partial charge in [-0.05, 0) is 20.8 Å². The van der Waals surface area contributed by atoms with Gasteiger partial charge in [0.15, 0.2) is 0 Å². The molecule has 0 radical (unpaired) electrons. The fraction of sp³-hybridized carbons (Fsp3) is 1.00. The molecule has 0 aliphatic carbocycles. The first kappa shape index (κ1) is 16.9. The Kier molecular flexibility index (Phi) is 10.6. The third kappa shape index (κ3) is 6.07. The number of likely N-dealkylation sites (N-methyl/N-ethyl adjacent to an activating group) is 1. The van der Waals surface area contributed by atoms with Crippen molar-refractivity contribution in [3.63, 3.8) is 0 Å². The van der Waals surface area contributed by atoms with Crippen molar-refractivity contribution < 1.29 is 22.0 Å². The van der Waals surface area contributed by atoms with Crippen molar-refractivity contribution in [1.29, 1.82) is 0 Å². The van der Waals surface area contributed by atoms with Crippen LogP contribution in [0.2, 0.25) is 0 Å². The fourth-order valence-corrected chi connectivity index (χ4v) is 1.96. The molecule has 0 saturated heterocycles. The number of hydrogen-bond donors (Lipinski definition) is 1. The molecule has 0 amide bonds. The minimum Gasteiger partial charge on any atom is -1.00 e. The Morgan fingerprint density at radius 1 is 1.29 bits per heavy atom. The van der Waals surface area contributed by atoms with Gasteiger partial charge in [0.1, 0.15) is 12.6 Å². The highest BCUT2D eigenvalue weighted by molar-refractivity contribution is 6.17. The molecule has 0 aliphatic rings. The second-order valence-corrected chi connectivity index (χ2v) is 4.15. The maximum atomic E-state index is 9.40. The number of nitrogens with zero attached hydrogens (tertiary/aromatic N) is 1. The standard InChI is InChI=1S/C10H23ClNO.ClH/c1-4-12(5-2,8-6-7-11)9-10(3)13;/h10,13H,4-9H2,1-3H3;1H/q+1;/p-1. The summed E-state index contributed by atoms with van der Waals surface area (Å²) >= 11 is 5.69. The lowest BCUT2D eigenvalue weighted by Crippen LogP contribution is -3.00. The van der Waals surface area contributed by atoms with E-state index in [9.17, 15) is 5.11 Å². The molecule has 0 rings (SSSR count). The summed E-state index contributed by atoms with van der Waals surface area (Å²) in [7, 11) is 0. The molecule has 0 fully saturated rings. The van der Waals surface area contributed by atoms with Gasteiger partial charge in [-0.25, -0.2) is 0 Å². The second kappa shape index (κ2) is 8.78. The number of aliphatic hydroxyl groups is 1. The molecule has 1 unspecified atom stereocenters. The van der Waals surface area contributed by atoms with Crippen LogP contribution in [0, 0.1) is 0 Å². The van der Waals surface area contributed by atoms with Gasteiger partial charge in [-0.3, -0.25) is 0 Å². The summed E-state index contributed by atoms with van der Waals surface area (Å²) in [5.74, 6) is 0.722. The number of rotatable bonds is 7. The Labute approximate surface area is 99.2 Å². The smallest absolute Gasteiger partial charge is 0.105 e. The quantitative estimate of drug-likeness (QED) is 0.443. The number of hydrogen-bond acceptors (Lipinski definition) is 1. The molecule has 14 heavy (non-hydrogen) atoms. The van der Waals surface area contributed by atoms with Crippen LogP contribution in [0.5, 0.6) is 0 Å². The molecule has 0 aliphatic heterocycles. The summed E-state index contributed by atoms with van der Waals surface area (Å²) in [5, 5.41) is 9.40. The Morgan fingerprint density at radius 2 is 1.79 bits per heavy atom. The van der Waals surface area contributed by atoms with E-state index in [0.717, 1.165) is 43.0 Å². The largest absolute Gasteiger partial charge is 1.00 e. The topological polar surface area (TPSA) is 20.2 Å². The van der Waals surface area contributed by atoms with Gasteiger partial charge in [-0.1, -0.05) is 0 Å². The van der Waals surface area contributed by atoms with Gasteiger partial charge in [-0.15, -0.1) is 11.6 Å². The Morgan fingerprint density at radius 3 is 2.07 bits per heavy atom. The molecule has 0 aromatic carbocycles. The average Bonchev–Trinajstić information content (AvgIpc) is 2.12. The van der Waals surface area contributed by atoms with Gasteiger partial charge in [0.2, 0.25) is 0 Å². The van der Waals surface area contributed by atoms with E-state index < -0.39 is 0 Å². The third-order valence-electron chi connectivity index (χ3n) is 2.76. The maximum Gasteiger partial charge on any atom is 0.105 e. The van der Waals surface area contributed by atoms with Gasteiger partial charge in [0.25, 0.3) is 0 Å². The van der Waals surface area contributed by atoms with Crippen molar-refractivity contribution in [1.82, 2.24) is 0 Å². The van der Waals surface area contributed by atoms with Crippen molar-refractivity contribution >= 4 is 11.6 Å². The summed E-state index contributed by atoms with van der Waals surface area (Å²) in [5.41, 5.74) is 0. The van der Waals surface area contributed by atoms with Crippen molar-refractivity contribution in [3.8, 4) is 0 Å². The van der Waals surface area contributed by atoms with Crippen LogP contribution in [-0.2, 0) is 0 Å². The first-order valence-electron chi connectivity index (χ1n) is 5.19.